The summed E-state index contributed by atoms with van der Waals surface area (Å²) in [6, 6.07) is 4.57. The SMILES string of the molecule is CCC(CCO)NC(=O)c1ccc(N2CCCC2)c(F)c1. The first kappa shape index (κ1) is 15.8. The predicted molar refractivity (Wildman–Crippen MR) is 81.1 cm³/mol. The Kier molecular flexibility index (Phi) is 5.56. The molecule has 2 N–H and O–H groups in total. The van der Waals surface area contributed by atoms with E-state index in [1.165, 1.54) is 6.07 Å². The van der Waals surface area contributed by atoms with Crippen LogP contribution in [0.15, 0.2) is 18.2 Å². The number of nitrogens with one attached hydrogen (secondary N) is 1. The van der Waals surface area contributed by atoms with E-state index in [1.54, 1.807) is 12.1 Å². The lowest BCUT2D eigenvalue weighted by Crippen LogP contribution is -2.35. The molecule has 1 aliphatic rings. The summed E-state index contributed by atoms with van der Waals surface area (Å²) in [6.45, 7) is 3.71. The van der Waals surface area contributed by atoms with Gasteiger partial charge < -0.3 is 15.3 Å². The molecule has 0 saturated carbocycles. The average Bonchev–Trinajstić information content (AvgIpc) is 3.00. The van der Waals surface area contributed by atoms with E-state index in [2.05, 4.69) is 5.32 Å². The van der Waals surface area contributed by atoms with Crippen LogP contribution in [0, 0.1) is 5.82 Å². The van der Waals surface area contributed by atoms with E-state index in [-0.39, 0.29) is 24.4 Å². The number of nitrogens with zero attached hydrogens (tertiary/aromatic N) is 1. The maximum absolute atomic E-state index is 14.2. The summed E-state index contributed by atoms with van der Waals surface area (Å²) in [6.07, 6.45) is 3.42. The van der Waals surface area contributed by atoms with Crippen molar-refractivity contribution < 1.29 is 14.3 Å². The zero-order valence-corrected chi connectivity index (χ0v) is 12.4. The number of halogens is 1. The van der Waals surface area contributed by atoms with Crippen LogP contribution in [-0.4, -0.2) is 36.8 Å². The fourth-order valence-corrected chi connectivity index (χ4v) is 2.67. The van der Waals surface area contributed by atoms with E-state index in [0.29, 0.717) is 17.7 Å². The number of hydrogen-bond acceptors (Lipinski definition) is 3. The molecule has 2 rings (SSSR count). The first-order chi connectivity index (χ1) is 10.2. The number of carbonyl (C=O) groups excluding carboxylic acids is 1. The maximum atomic E-state index is 14.2. The molecule has 0 spiro atoms. The van der Waals surface area contributed by atoms with Gasteiger partial charge in [0.15, 0.2) is 0 Å². The number of benzene rings is 1. The molecule has 1 saturated heterocycles. The summed E-state index contributed by atoms with van der Waals surface area (Å²) in [7, 11) is 0. The average molecular weight is 294 g/mol. The van der Waals surface area contributed by atoms with Gasteiger partial charge in [0, 0.05) is 31.3 Å². The first-order valence-corrected chi connectivity index (χ1v) is 7.62. The van der Waals surface area contributed by atoms with E-state index in [4.69, 9.17) is 5.11 Å². The van der Waals surface area contributed by atoms with Gasteiger partial charge in [-0.25, -0.2) is 4.39 Å². The Bertz CT molecular complexity index is 487. The second-order valence-corrected chi connectivity index (χ2v) is 5.45. The van der Waals surface area contributed by atoms with Crippen LogP contribution in [0.5, 0.6) is 0 Å². The summed E-state index contributed by atoms with van der Waals surface area (Å²) >= 11 is 0. The number of hydrogen-bond donors (Lipinski definition) is 2. The number of rotatable bonds is 6. The molecule has 0 bridgehead atoms. The van der Waals surface area contributed by atoms with Crippen LogP contribution in [0.4, 0.5) is 10.1 Å². The zero-order chi connectivity index (χ0) is 15.2. The molecule has 1 atom stereocenters. The summed E-state index contributed by atoms with van der Waals surface area (Å²) in [5.41, 5.74) is 0.901. The van der Waals surface area contributed by atoms with Crippen LogP contribution in [-0.2, 0) is 0 Å². The quantitative estimate of drug-likeness (QED) is 0.846. The molecule has 1 fully saturated rings. The molecular weight excluding hydrogens is 271 g/mol. The third-order valence-corrected chi connectivity index (χ3v) is 3.96. The largest absolute Gasteiger partial charge is 0.396 e. The topological polar surface area (TPSA) is 52.6 Å². The lowest BCUT2D eigenvalue weighted by Gasteiger charge is -2.19. The second-order valence-electron chi connectivity index (χ2n) is 5.45. The van der Waals surface area contributed by atoms with Crippen molar-refractivity contribution in [2.24, 2.45) is 0 Å². The Morgan fingerprint density at radius 2 is 2.14 bits per heavy atom. The van der Waals surface area contributed by atoms with E-state index in [0.717, 1.165) is 32.4 Å². The van der Waals surface area contributed by atoms with Crippen molar-refractivity contribution in [3.05, 3.63) is 29.6 Å². The maximum Gasteiger partial charge on any atom is 0.251 e. The molecular formula is C16H23FN2O2. The molecule has 5 heteroatoms. The highest BCUT2D eigenvalue weighted by Gasteiger charge is 2.18. The highest BCUT2D eigenvalue weighted by Crippen LogP contribution is 2.24. The van der Waals surface area contributed by atoms with Crippen molar-refractivity contribution in [1.29, 1.82) is 0 Å². The van der Waals surface area contributed by atoms with Crippen molar-refractivity contribution in [2.75, 3.05) is 24.6 Å². The van der Waals surface area contributed by atoms with E-state index < -0.39 is 0 Å². The minimum absolute atomic E-state index is 0.0288. The lowest BCUT2D eigenvalue weighted by molar-refractivity contribution is 0.0928. The van der Waals surface area contributed by atoms with E-state index >= 15 is 0 Å². The third-order valence-electron chi connectivity index (χ3n) is 3.96. The first-order valence-electron chi connectivity index (χ1n) is 7.62. The van der Waals surface area contributed by atoms with Crippen molar-refractivity contribution in [3.8, 4) is 0 Å². The van der Waals surface area contributed by atoms with Crippen LogP contribution < -0.4 is 10.2 Å². The van der Waals surface area contributed by atoms with Crippen LogP contribution in [0.3, 0.4) is 0 Å². The Hall–Kier alpha value is -1.62. The molecule has 0 radical (unpaired) electrons. The fourth-order valence-electron chi connectivity index (χ4n) is 2.67. The summed E-state index contributed by atoms with van der Waals surface area (Å²) in [4.78, 5) is 14.1. The van der Waals surface area contributed by atoms with Crippen molar-refractivity contribution in [3.63, 3.8) is 0 Å². The van der Waals surface area contributed by atoms with Crippen LogP contribution in [0.25, 0.3) is 0 Å². The summed E-state index contributed by atoms with van der Waals surface area (Å²) < 4.78 is 14.2. The highest BCUT2D eigenvalue weighted by molar-refractivity contribution is 5.94. The lowest BCUT2D eigenvalue weighted by atomic mass is 10.1. The van der Waals surface area contributed by atoms with Gasteiger partial charge in [0.2, 0.25) is 0 Å². The Labute approximate surface area is 125 Å². The minimum atomic E-state index is -0.347. The summed E-state index contributed by atoms with van der Waals surface area (Å²) in [5.74, 6) is -0.637. The molecule has 0 aliphatic carbocycles. The normalized spacial score (nSPS) is 16.0. The second kappa shape index (κ2) is 7.41. The number of amides is 1. The van der Waals surface area contributed by atoms with Gasteiger partial charge in [-0.15, -0.1) is 0 Å². The van der Waals surface area contributed by atoms with E-state index in [1.807, 2.05) is 11.8 Å². The molecule has 1 aliphatic heterocycles. The number of carbonyl (C=O) groups is 1. The van der Waals surface area contributed by atoms with Gasteiger partial charge in [-0.1, -0.05) is 6.92 Å². The predicted octanol–water partition coefficient (Wildman–Crippen LogP) is 2.32. The molecule has 0 aromatic heterocycles. The Morgan fingerprint density at radius 3 is 2.71 bits per heavy atom. The standard InChI is InChI=1S/C16H23FN2O2/c1-2-13(7-10-20)18-16(21)12-5-6-15(14(17)11-12)19-8-3-4-9-19/h5-6,11,13,20H,2-4,7-10H2,1H3,(H,18,21). The molecule has 21 heavy (non-hydrogen) atoms. The Balaban J connectivity index is 2.06. The molecule has 1 amide bonds. The van der Waals surface area contributed by atoms with Gasteiger partial charge in [-0.2, -0.15) is 0 Å². The molecule has 4 nitrogen and oxygen atoms in total. The van der Waals surface area contributed by atoms with Crippen LogP contribution in [0.2, 0.25) is 0 Å². The van der Waals surface area contributed by atoms with Gasteiger partial charge in [0.25, 0.3) is 5.91 Å². The van der Waals surface area contributed by atoms with Gasteiger partial charge in [-0.05, 0) is 43.9 Å². The number of anilines is 1. The summed E-state index contributed by atoms with van der Waals surface area (Å²) in [5, 5.41) is 11.8. The van der Waals surface area contributed by atoms with Crippen molar-refractivity contribution in [2.45, 2.75) is 38.6 Å². The van der Waals surface area contributed by atoms with E-state index in [9.17, 15) is 9.18 Å². The Morgan fingerprint density at radius 1 is 1.43 bits per heavy atom. The smallest absolute Gasteiger partial charge is 0.251 e. The molecule has 1 aromatic carbocycles. The third kappa shape index (κ3) is 3.94. The van der Waals surface area contributed by atoms with Gasteiger partial charge in [0.05, 0.1) is 5.69 Å². The number of aliphatic hydroxyl groups is 1. The minimum Gasteiger partial charge on any atom is -0.396 e. The highest BCUT2D eigenvalue weighted by atomic mass is 19.1. The number of aliphatic hydroxyl groups excluding tert-OH is 1. The van der Waals surface area contributed by atoms with Gasteiger partial charge >= 0.3 is 0 Å². The molecule has 1 aromatic rings. The van der Waals surface area contributed by atoms with Gasteiger partial charge in [-0.3, -0.25) is 4.79 Å². The zero-order valence-electron chi connectivity index (χ0n) is 12.4. The molecule has 1 heterocycles. The monoisotopic (exact) mass is 294 g/mol. The van der Waals surface area contributed by atoms with Crippen LogP contribution >= 0.6 is 0 Å². The fraction of sp³-hybridized carbons (Fsp3) is 0.562. The van der Waals surface area contributed by atoms with Crippen molar-refractivity contribution in [1.82, 2.24) is 5.32 Å². The van der Waals surface area contributed by atoms with Gasteiger partial charge in [0.1, 0.15) is 5.82 Å². The van der Waals surface area contributed by atoms with Crippen molar-refractivity contribution >= 4 is 11.6 Å². The molecule has 1 unspecified atom stereocenters. The molecule has 116 valence electrons. The van der Waals surface area contributed by atoms with Crippen LogP contribution in [0.1, 0.15) is 43.0 Å².